The van der Waals surface area contributed by atoms with Crippen LogP contribution in [0.25, 0.3) is 0 Å². The van der Waals surface area contributed by atoms with Gasteiger partial charge in [-0.2, -0.15) is 0 Å². The summed E-state index contributed by atoms with van der Waals surface area (Å²) in [6.45, 7) is 0.474. The fourth-order valence-electron chi connectivity index (χ4n) is 1.71. The van der Waals surface area contributed by atoms with E-state index in [1.165, 1.54) is 5.56 Å². The molecular formula is C14H20N2O4S. The minimum absolute atomic E-state index is 0.0726. The molecule has 2 N–H and O–H groups in total. The van der Waals surface area contributed by atoms with Gasteiger partial charge in [0.15, 0.2) is 5.05 Å². The Morgan fingerprint density at radius 1 is 1.29 bits per heavy atom. The standard InChI is InChI=1S/C14H20N2O4S/c15-13(9-8-12-6-2-1-3-7-12)14(21)19-10-4-5-11-20-16(17)18/h1-3,6-7,13H,4-5,8-11,15H2. The SMILES string of the molecule is NC(CCc1ccccc1)C(=S)OCCCCO[N+](=O)[O-]. The number of thiocarbonyl (C=S) groups is 1. The molecule has 0 fully saturated rings. The number of hydrogen-bond acceptors (Lipinski definition) is 6. The summed E-state index contributed by atoms with van der Waals surface area (Å²) < 4.78 is 5.38. The van der Waals surface area contributed by atoms with Crippen LogP contribution < -0.4 is 5.73 Å². The number of nitrogens with two attached hydrogens (primary N) is 1. The quantitative estimate of drug-likeness (QED) is 0.309. The van der Waals surface area contributed by atoms with Gasteiger partial charge in [-0.05, 0) is 43.5 Å². The molecule has 0 radical (unpaired) electrons. The van der Waals surface area contributed by atoms with Gasteiger partial charge in [-0.1, -0.05) is 30.3 Å². The minimum atomic E-state index is -0.801. The van der Waals surface area contributed by atoms with E-state index in [-0.39, 0.29) is 12.6 Å². The van der Waals surface area contributed by atoms with E-state index in [4.69, 9.17) is 22.7 Å². The van der Waals surface area contributed by atoms with Gasteiger partial charge < -0.3 is 15.3 Å². The molecule has 0 aliphatic heterocycles. The molecule has 1 aromatic carbocycles. The molecule has 21 heavy (non-hydrogen) atoms. The van der Waals surface area contributed by atoms with E-state index in [0.29, 0.717) is 24.5 Å². The summed E-state index contributed by atoms with van der Waals surface area (Å²) in [5.74, 6) is 0. The molecule has 1 rings (SSSR count). The lowest BCUT2D eigenvalue weighted by Gasteiger charge is -2.14. The first-order valence-corrected chi connectivity index (χ1v) is 7.24. The van der Waals surface area contributed by atoms with Crippen molar-refractivity contribution in [1.29, 1.82) is 0 Å². The fraction of sp³-hybridized carbons (Fsp3) is 0.500. The molecule has 116 valence electrons. The monoisotopic (exact) mass is 312 g/mol. The highest BCUT2D eigenvalue weighted by molar-refractivity contribution is 7.80. The second-order valence-electron chi connectivity index (χ2n) is 4.56. The van der Waals surface area contributed by atoms with Crippen molar-refractivity contribution in [2.75, 3.05) is 13.2 Å². The molecule has 1 unspecified atom stereocenters. The predicted molar refractivity (Wildman–Crippen MR) is 83.5 cm³/mol. The molecule has 0 spiro atoms. The molecule has 0 heterocycles. The highest BCUT2D eigenvalue weighted by Crippen LogP contribution is 2.06. The number of rotatable bonds is 10. The van der Waals surface area contributed by atoms with Crippen molar-refractivity contribution in [3.63, 3.8) is 0 Å². The van der Waals surface area contributed by atoms with Crippen LogP contribution >= 0.6 is 12.2 Å². The van der Waals surface area contributed by atoms with Gasteiger partial charge in [0.25, 0.3) is 5.09 Å². The van der Waals surface area contributed by atoms with Crippen LogP contribution in [0.3, 0.4) is 0 Å². The van der Waals surface area contributed by atoms with Crippen LogP contribution in [0.5, 0.6) is 0 Å². The topological polar surface area (TPSA) is 87.6 Å². The van der Waals surface area contributed by atoms with E-state index in [9.17, 15) is 10.1 Å². The molecular weight excluding hydrogens is 292 g/mol. The van der Waals surface area contributed by atoms with Crippen LogP contribution in [0.2, 0.25) is 0 Å². The average Bonchev–Trinajstić information content (AvgIpc) is 2.48. The van der Waals surface area contributed by atoms with Gasteiger partial charge in [-0.25, -0.2) is 0 Å². The summed E-state index contributed by atoms with van der Waals surface area (Å²) in [4.78, 5) is 14.1. The summed E-state index contributed by atoms with van der Waals surface area (Å²) in [6.07, 6.45) is 2.76. The van der Waals surface area contributed by atoms with Crippen molar-refractivity contribution in [2.45, 2.75) is 31.7 Å². The highest BCUT2D eigenvalue weighted by atomic mass is 32.1. The summed E-state index contributed by atoms with van der Waals surface area (Å²) in [6, 6.07) is 9.76. The van der Waals surface area contributed by atoms with Crippen molar-refractivity contribution in [3.8, 4) is 0 Å². The lowest BCUT2D eigenvalue weighted by molar-refractivity contribution is -0.757. The number of benzene rings is 1. The zero-order valence-electron chi connectivity index (χ0n) is 11.8. The lowest BCUT2D eigenvalue weighted by atomic mass is 10.1. The van der Waals surface area contributed by atoms with E-state index in [0.717, 1.165) is 12.8 Å². The van der Waals surface area contributed by atoms with Gasteiger partial charge in [-0.3, -0.25) is 0 Å². The number of unbranched alkanes of at least 4 members (excludes halogenated alkanes) is 1. The van der Waals surface area contributed by atoms with Gasteiger partial charge in [-0.15, -0.1) is 10.1 Å². The Balaban J connectivity index is 2.09. The van der Waals surface area contributed by atoms with Crippen molar-refractivity contribution in [1.82, 2.24) is 0 Å². The van der Waals surface area contributed by atoms with Crippen LogP contribution in [0.1, 0.15) is 24.8 Å². The molecule has 0 bridgehead atoms. The Morgan fingerprint density at radius 3 is 2.62 bits per heavy atom. The molecule has 6 nitrogen and oxygen atoms in total. The molecule has 1 atom stereocenters. The maximum absolute atomic E-state index is 9.93. The fourth-order valence-corrected chi connectivity index (χ4v) is 1.91. The number of nitrogens with zero attached hydrogens (tertiary/aromatic N) is 1. The molecule has 1 aromatic rings. The molecule has 0 saturated heterocycles. The second-order valence-corrected chi connectivity index (χ2v) is 4.96. The zero-order valence-corrected chi connectivity index (χ0v) is 12.6. The molecule has 0 aliphatic carbocycles. The van der Waals surface area contributed by atoms with E-state index in [1.54, 1.807) is 0 Å². The molecule has 0 amide bonds. The van der Waals surface area contributed by atoms with Crippen molar-refractivity contribution in [3.05, 3.63) is 46.0 Å². The molecule has 0 aromatic heterocycles. The molecule has 0 saturated carbocycles. The van der Waals surface area contributed by atoms with Gasteiger partial charge in [0, 0.05) is 0 Å². The molecule has 0 aliphatic rings. The predicted octanol–water partition coefficient (Wildman–Crippen LogP) is 2.28. The smallest absolute Gasteiger partial charge is 0.294 e. The Bertz CT molecular complexity index is 442. The maximum atomic E-state index is 9.93. The highest BCUT2D eigenvalue weighted by Gasteiger charge is 2.10. The normalized spacial score (nSPS) is 11.7. The Labute approximate surface area is 129 Å². The number of hydrogen-bond donors (Lipinski definition) is 1. The van der Waals surface area contributed by atoms with Crippen LogP contribution in [-0.2, 0) is 16.0 Å². The van der Waals surface area contributed by atoms with Crippen LogP contribution in [0, 0.1) is 10.1 Å². The van der Waals surface area contributed by atoms with Crippen LogP contribution in [0.15, 0.2) is 30.3 Å². The van der Waals surface area contributed by atoms with Crippen molar-refractivity contribution >= 4 is 17.3 Å². The van der Waals surface area contributed by atoms with Gasteiger partial charge in [0.1, 0.15) is 0 Å². The van der Waals surface area contributed by atoms with Gasteiger partial charge >= 0.3 is 0 Å². The van der Waals surface area contributed by atoms with E-state index in [2.05, 4.69) is 4.84 Å². The third-order valence-electron chi connectivity index (χ3n) is 2.87. The van der Waals surface area contributed by atoms with Gasteiger partial charge in [0.05, 0.1) is 19.3 Å². The van der Waals surface area contributed by atoms with E-state index >= 15 is 0 Å². The van der Waals surface area contributed by atoms with Crippen molar-refractivity contribution < 1.29 is 14.7 Å². The number of aryl methyl sites for hydroxylation is 1. The van der Waals surface area contributed by atoms with E-state index < -0.39 is 5.09 Å². The third kappa shape index (κ3) is 8.21. The average molecular weight is 312 g/mol. The van der Waals surface area contributed by atoms with Crippen LogP contribution in [0.4, 0.5) is 0 Å². The van der Waals surface area contributed by atoms with Crippen LogP contribution in [-0.4, -0.2) is 29.4 Å². The largest absolute Gasteiger partial charge is 0.485 e. The first-order valence-electron chi connectivity index (χ1n) is 6.83. The first kappa shape index (κ1) is 17.3. The third-order valence-corrected chi connectivity index (χ3v) is 3.29. The Morgan fingerprint density at radius 2 is 1.95 bits per heavy atom. The summed E-state index contributed by atoms with van der Waals surface area (Å²) in [5.41, 5.74) is 7.18. The summed E-state index contributed by atoms with van der Waals surface area (Å²) in [5, 5.41) is 9.52. The van der Waals surface area contributed by atoms with E-state index in [1.807, 2.05) is 30.3 Å². The van der Waals surface area contributed by atoms with Crippen molar-refractivity contribution in [2.24, 2.45) is 5.73 Å². The number of ether oxygens (including phenoxy) is 1. The maximum Gasteiger partial charge on any atom is 0.294 e. The Kier molecular flexibility index (Phi) is 8.30. The summed E-state index contributed by atoms with van der Waals surface area (Å²) >= 11 is 5.12. The van der Waals surface area contributed by atoms with Gasteiger partial charge in [0.2, 0.25) is 0 Å². The second kappa shape index (κ2) is 10.1. The zero-order chi connectivity index (χ0) is 15.5. The minimum Gasteiger partial charge on any atom is -0.485 e. The summed E-state index contributed by atoms with van der Waals surface area (Å²) in [7, 11) is 0. The first-order chi connectivity index (χ1) is 10.1. The Hall–Kier alpha value is -1.73. The lowest BCUT2D eigenvalue weighted by Crippen LogP contribution is -2.31. The molecule has 7 heteroatoms.